The van der Waals surface area contributed by atoms with Crippen molar-refractivity contribution in [1.29, 1.82) is 0 Å². The lowest BCUT2D eigenvalue weighted by molar-refractivity contribution is 0.0475. The standard InChI is InChI=1S/C27H31N3O4/c1-18-4-2-5-19(14-18)16-29-11-9-21(10-12-29)28-25(31)20-7-8-23-24(15-20)27(33)30(26(23)32)17-22-6-3-13-34-22/h2,4-5,7-8,14-15,21-22H,3,6,9-13,16-17H2,1H3,(H,28,31). The molecule has 1 unspecified atom stereocenters. The zero-order valence-electron chi connectivity index (χ0n) is 19.6. The maximum absolute atomic E-state index is 12.9. The first-order valence-corrected chi connectivity index (χ1v) is 12.2. The Morgan fingerprint density at radius 1 is 1.03 bits per heavy atom. The normalized spacial score (nSPS) is 21.2. The predicted molar refractivity (Wildman–Crippen MR) is 128 cm³/mol. The van der Waals surface area contributed by atoms with Crippen LogP contribution in [0.1, 0.15) is 67.9 Å². The van der Waals surface area contributed by atoms with Crippen LogP contribution in [0, 0.1) is 6.92 Å². The van der Waals surface area contributed by atoms with Crippen molar-refractivity contribution in [2.75, 3.05) is 26.2 Å². The van der Waals surface area contributed by atoms with E-state index in [1.807, 2.05) is 0 Å². The predicted octanol–water partition coefficient (Wildman–Crippen LogP) is 3.16. The molecular weight excluding hydrogens is 430 g/mol. The Balaban J connectivity index is 1.17. The minimum Gasteiger partial charge on any atom is -0.376 e. The van der Waals surface area contributed by atoms with Crippen molar-refractivity contribution in [3.63, 3.8) is 0 Å². The molecule has 3 heterocycles. The van der Waals surface area contributed by atoms with Crippen molar-refractivity contribution in [2.45, 2.75) is 51.3 Å². The fraction of sp³-hybridized carbons (Fsp3) is 0.444. The Labute approximate surface area is 200 Å². The minimum atomic E-state index is -0.338. The summed E-state index contributed by atoms with van der Waals surface area (Å²) in [5, 5.41) is 3.12. The molecule has 0 aromatic heterocycles. The minimum absolute atomic E-state index is 0.0956. The molecule has 34 heavy (non-hydrogen) atoms. The van der Waals surface area contributed by atoms with Gasteiger partial charge in [0.25, 0.3) is 17.7 Å². The lowest BCUT2D eigenvalue weighted by Crippen LogP contribution is -2.44. The van der Waals surface area contributed by atoms with Gasteiger partial charge >= 0.3 is 0 Å². The second kappa shape index (κ2) is 9.68. The third kappa shape index (κ3) is 4.76. The Hall–Kier alpha value is -3.03. The van der Waals surface area contributed by atoms with E-state index in [0.717, 1.165) is 45.3 Å². The summed E-state index contributed by atoms with van der Waals surface area (Å²) in [4.78, 5) is 42.2. The van der Waals surface area contributed by atoms with E-state index in [4.69, 9.17) is 4.74 Å². The van der Waals surface area contributed by atoms with Crippen LogP contribution in [0.25, 0.3) is 0 Å². The number of carbonyl (C=O) groups is 3. The highest BCUT2D eigenvalue weighted by Gasteiger charge is 2.38. The Kier molecular flexibility index (Phi) is 6.48. The Morgan fingerprint density at radius 3 is 2.56 bits per heavy atom. The molecule has 0 bridgehead atoms. The summed E-state index contributed by atoms with van der Waals surface area (Å²) >= 11 is 0. The van der Waals surface area contributed by atoms with Crippen molar-refractivity contribution in [3.8, 4) is 0 Å². The van der Waals surface area contributed by atoms with Gasteiger partial charge in [-0.25, -0.2) is 0 Å². The van der Waals surface area contributed by atoms with E-state index in [1.54, 1.807) is 18.2 Å². The van der Waals surface area contributed by atoms with E-state index in [-0.39, 0.29) is 36.4 Å². The number of aryl methyl sites for hydroxylation is 1. The molecule has 2 aromatic carbocycles. The van der Waals surface area contributed by atoms with Gasteiger partial charge in [-0.05, 0) is 56.4 Å². The summed E-state index contributed by atoms with van der Waals surface area (Å²) in [5.74, 6) is -0.837. The van der Waals surface area contributed by atoms with E-state index in [0.29, 0.717) is 23.3 Å². The number of fused-ring (bicyclic) bond motifs is 1. The monoisotopic (exact) mass is 461 g/mol. The fourth-order valence-corrected chi connectivity index (χ4v) is 5.16. The molecule has 2 fully saturated rings. The number of nitrogens with one attached hydrogen (secondary N) is 1. The number of nitrogens with zero attached hydrogens (tertiary/aromatic N) is 2. The summed E-state index contributed by atoms with van der Waals surface area (Å²) in [7, 11) is 0. The summed E-state index contributed by atoms with van der Waals surface area (Å²) < 4.78 is 5.59. The first kappa shape index (κ1) is 22.7. The average Bonchev–Trinajstić information content (AvgIpc) is 3.43. The van der Waals surface area contributed by atoms with E-state index >= 15 is 0 Å². The van der Waals surface area contributed by atoms with Crippen LogP contribution in [-0.4, -0.2) is 65.9 Å². The molecule has 0 aliphatic carbocycles. The van der Waals surface area contributed by atoms with Crippen LogP contribution in [0.3, 0.4) is 0 Å². The lowest BCUT2D eigenvalue weighted by Gasteiger charge is -2.32. The maximum atomic E-state index is 12.9. The highest BCUT2D eigenvalue weighted by molar-refractivity contribution is 6.22. The molecule has 1 N–H and O–H groups in total. The molecule has 5 rings (SSSR count). The van der Waals surface area contributed by atoms with Gasteiger partial charge in [0.2, 0.25) is 0 Å². The summed E-state index contributed by atoms with van der Waals surface area (Å²) in [6, 6.07) is 13.5. The van der Waals surface area contributed by atoms with Gasteiger partial charge in [-0.2, -0.15) is 0 Å². The highest BCUT2D eigenvalue weighted by Crippen LogP contribution is 2.26. The summed E-state index contributed by atoms with van der Waals surface area (Å²) in [6.07, 6.45) is 3.47. The van der Waals surface area contributed by atoms with Gasteiger partial charge < -0.3 is 10.1 Å². The van der Waals surface area contributed by atoms with Gasteiger partial charge in [0.15, 0.2) is 0 Å². The number of rotatable bonds is 6. The van der Waals surface area contributed by atoms with Crippen LogP contribution in [0.5, 0.6) is 0 Å². The number of likely N-dealkylation sites (tertiary alicyclic amines) is 1. The van der Waals surface area contributed by atoms with Crippen molar-refractivity contribution >= 4 is 17.7 Å². The third-order valence-corrected chi connectivity index (χ3v) is 7.05. The quantitative estimate of drug-likeness (QED) is 0.669. The molecule has 3 amide bonds. The van der Waals surface area contributed by atoms with Gasteiger partial charge in [-0.1, -0.05) is 29.8 Å². The third-order valence-electron chi connectivity index (χ3n) is 7.05. The SMILES string of the molecule is Cc1cccc(CN2CCC(NC(=O)c3ccc4c(c3)C(=O)N(CC3CCCO3)C4=O)CC2)c1. The van der Waals surface area contributed by atoms with Gasteiger partial charge in [0.1, 0.15) is 0 Å². The van der Waals surface area contributed by atoms with Crippen LogP contribution in [0.2, 0.25) is 0 Å². The Morgan fingerprint density at radius 2 is 1.82 bits per heavy atom. The van der Waals surface area contributed by atoms with Crippen molar-refractivity contribution < 1.29 is 19.1 Å². The zero-order valence-corrected chi connectivity index (χ0v) is 19.6. The second-order valence-electron chi connectivity index (χ2n) is 9.63. The van der Waals surface area contributed by atoms with E-state index in [1.165, 1.54) is 16.0 Å². The molecule has 1 atom stereocenters. The van der Waals surface area contributed by atoms with Gasteiger partial charge in [0, 0.05) is 37.8 Å². The molecule has 0 saturated carbocycles. The fourth-order valence-electron chi connectivity index (χ4n) is 5.16. The molecule has 2 saturated heterocycles. The lowest BCUT2D eigenvalue weighted by atomic mass is 10.0. The van der Waals surface area contributed by atoms with Crippen LogP contribution < -0.4 is 5.32 Å². The van der Waals surface area contributed by atoms with Crippen molar-refractivity contribution in [3.05, 3.63) is 70.3 Å². The molecule has 7 nitrogen and oxygen atoms in total. The molecule has 0 radical (unpaired) electrons. The number of benzene rings is 2. The van der Waals surface area contributed by atoms with Gasteiger partial charge in [0.05, 0.1) is 23.8 Å². The number of ether oxygens (including phenoxy) is 1. The van der Waals surface area contributed by atoms with Crippen LogP contribution >= 0.6 is 0 Å². The van der Waals surface area contributed by atoms with E-state index in [9.17, 15) is 14.4 Å². The maximum Gasteiger partial charge on any atom is 0.261 e. The number of amides is 3. The second-order valence-corrected chi connectivity index (χ2v) is 9.63. The van der Waals surface area contributed by atoms with E-state index in [2.05, 4.69) is 41.4 Å². The largest absolute Gasteiger partial charge is 0.376 e. The molecule has 178 valence electrons. The van der Waals surface area contributed by atoms with Crippen molar-refractivity contribution in [1.82, 2.24) is 15.1 Å². The smallest absolute Gasteiger partial charge is 0.261 e. The first-order chi connectivity index (χ1) is 16.5. The molecule has 7 heteroatoms. The van der Waals surface area contributed by atoms with Gasteiger partial charge in [-0.15, -0.1) is 0 Å². The molecule has 3 aliphatic rings. The van der Waals surface area contributed by atoms with Crippen LogP contribution in [0.15, 0.2) is 42.5 Å². The number of carbonyl (C=O) groups excluding carboxylic acids is 3. The first-order valence-electron chi connectivity index (χ1n) is 12.2. The number of hydrogen-bond donors (Lipinski definition) is 1. The number of imide groups is 1. The topological polar surface area (TPSA) is 79.0 Å². The van der Waals surface area contributed by atoms with Crippen molar-refractivity contribution in [2.24, 2.45) is 0 Å². The highest BCUT2D eigenvalue weighted by atomic mass is 16.5. The molecule has 2 aromatic rings. The molecular formula is C27H31N3O4. The Bertz CT molecular complexity index is 1100. The average molecular weight is 462 g/mol. The summed E-state index contributed by atoms with van der Waals surface area (Å²) in [6.45, 7) is 5.82. The zero-order chi connectivity index (χ0) is 23.7. The van der Waals surface area contributed by atoms with Gasteiger partial charge in [-0.3, -0.25) is 24.2 Å². The number of piperidine rings is 1. The van der Waals surface area contributed by atoms with Crippen LogP contribution in [-0.2, 0) is 11.3 Å². The van der Waals surface area contributed by atoms with Crippen LogP contribution in [0.4, 0.5) is 0 Å². The summed E-state index contributed by atoms with van der Waals surface area (Å²) in [5.41, 5.74) is 3.67. The van der Waals surface area contributed by atoms with E-state index < -0.39 is 0 Å². The number of hydrogen-bond acceptors (Lipinski definition) is 5. The molecule has 3 aliphatic heterocycles. The molecule has 0 spiro atoms.